The number of nitriles is 2. The summed E-state index contributed by atoms with van der Waals surface area (Å²) in [6, 6.07) is 11.4. The quantitative estimate of drug-likeness (QED) is 0.635. The van der Waals surface area contributed by atoms with E-state index >= 15 is 0 Å². The fraction of sp³-hybridized carbons (Fsp3) is 0.0625. The fourth-order valence-electron chi connectivity index (χ4n) is 1.82. The van der Waals surface area contributed by atoms with Gasteiger partial charge in [-0.1, -0.05) is 11.6 Å². The minimum Gasteiger partial charge on any atom is -0.465 e. The summed E-state index contributed by atoms with van der Waals surface area (Å²) in [5.74, 6) is 0.183. The minimum atomic E-state index is -0.519. The molecule has 0 fully saturated rings. The third kappa shape index (κ3) is 3.17. The molecule has 5 nitrogen and oxygen atoms in total. The number of methoxy groups -OCH3 is 1. The number of furan rings is 1. The number of carbonyl (C=O) groups is 1. The van der Waals surface area contributed by atoms with Crippen molar-refractivity contribution in [2.75, 3.05) is 7.11 Å². The second-order valence-corrected chi connectivity index (χ2v) is 4.60. The van der Waals surface area contributed by atoms with Crippen LogP contribution in [0.3, 0.4) is 0 Å². The molecule has 2 rings (SSSR count). The molecule has 0 unspecified atom stereocenters. The van der Waals surface area contributed by atoms with E-state index in [4.69, 9.17) is 31.3 Å². The molecule has 0 radical (unpaired) electrons. The number of allylic oxidation sites excluding steroid dienone is 1. The number of esters is 1. The Balaban J connectivity index is 2.50. The number of rotatable bonds is 3. The summed E-state index contributed by atoms with van der Waals surface area (Å²) >= 11 is 5.96. The zero-order chi connectivity index (χ0) is 16.1. The van der Waals surface area contributed by atoms with E-state index in [1.165, 1.54) is 19.3 Å². The molecule has 0 bridgehead atoms. The van der Waals surface area contributed by atoms with Crippen LogP contribution in [0, 0.1) is 22.7 Å². The van der Waals surface area contributed by atoms with Crippen LogP contribution in [0.5, 0.6) is 0 Å². The molecule has 1 aromatic carbocycles. The molecule has 6 heteroatoms. The summed E-state index contributed by atoms with van der Waals surface area (Å²) in [5, 5.41) is 17.9. The van der Waals surface area contributed by atoms with Gasteiger partial charge in [0.2, 0.25) is 0 Å². The van der Waals surface area contributed by atoms with E-state index in [1.807, 2.05) is 0 Å². The van der Waals surface area contributed by atoms with Crippen LogP contribution in [-0.2, 0) is 4.74 Å². The van der Waals surface area contributed by atoms with Crippen molar-refractivity contribution in [3.8, 4) is 23.5 Å². The fourth-order valence-corrected chi connectivity index (χ4v) is 1.99. The Morgan fingerprint density at radius 3 is 2.64 bits per heavy atom. The number of carbonyl (C=O) groups excluding carboxylic acids is 1. The summed E-state index contributed by atoms with van der Waals surface area (Å²) in [5.41, 5.74) is 0.687. The number of hydrogen-bond acceptors (Lipinski definition) is 5. The van der Waals surface area contributed by atoms with Gasteiger partial charge in [0.25, 0.3) is 0 Å². The van der Waals surface area contributed by atoms with Crippen molar-refractivity contribution in [1.82, 2.24) is 0 Å². The Bertz CT molecular complexity index is 822. The number of ether oxygens (including phenoxy) is 1. The van der Waals surface area contributed by atoms with Gasteiger partial charge in [-0.15, -0.1) is 0 Å². The van der Waals surface area contributed by atoms with Crippen LogP contribution in [0.15, 0.2) is 40.3 Å². The van der Waals surface area contributed by atoms with E-state index in [0.29, 0.717) is 27.7 Å². The van der Waals surface area contributed by atoms with Gasteiger partial charge in [0.05, 0.1) is 12.7 Å². The van der Waals surface area contributed by atoms with E-state index in [2.05, 4.69) is 0 Å². The van der Waals surface area contributed by atoms with Crippen LogP contribution < -0.4 is 0 Å². The first-order valence-corrected chi connectivity index (χ1v) is 6.46. The summed E-state index contributed by atoms with van der Waals surface area (Å²) in [6.07, 6.45) is 1.31. The average molecular weight is 313 g/mol. The molecule has 108 valence electrons. The van der Waals surface area contributed by atoms with Crippen LogP contribution in [0.25, 0.3) is 17.4 Å². The highest BCUT2D eigenvalue weighted by Gasteiger charge is 2.16. The van der Waals surface area contributed by atoms with Gasteiger partial charge in [0, 0.05) is 16.7 Å². The van der Waals surface area contributed by atoms with Crippen molar-refractivity contribution in [1.29, 1.82) is 10.5 Å². The second kappa shape index (κ2) is 6.62. The maximum Gasteiger partial charge on any atom is 0.338 e. The molecule has 0 atom stereocenters. The van der Waals surface area contributed by atoms with E-state index in [9.17, 15) is 4.79 Å². The van der Waals surface area contributed by atoms with Gasteiger partial charge in [0.1, 0.15) is 29.2 Å². The van der Waals surface area contributed by atoms with Gasteiger partial charge in [-0.2, -0.15) is 10.5 Å². The monoisotopic (exact) mass is 312 g/mol. The minimum absolute atomic E-state index is 0.0832. The van der Waals surface area contributed by atoms with Gasteiger partial charge in [-0.05, 0) is 30.3 Å². The van der Waals surface area contributed by atoms with Gasteiger partial charge < -0.3 is 9.15 Å². The first-order chi connectivity index (χ1) is 10.6. The van der Waals surface area contributed by atoms with Crippen LogP contribution in [0.2, 0.25) is 5.02 Å². The molecular weight excluding hydrogens is 304 g/mol. The molecule has 0 spiro atoms. The lowest BCUT2D eigenvalue weighted by atomic mass is 10.1. The topological polar surface area (TPSA) is 87.0 Å². The van der Waals surface area contributed by atoms with E-state index in [1.54, 1.807) is 36.4 Å². The van der Waals surface area contributed by atoms with Crippen LogP contribution in [-0.4, -0.2) is 13.1 Å². The first kappa shape index (κ1) is 15.4. The largest absolute Gasteiger partial charge is 0.465 e. The summed E-state index contributed by atoms with van der Waals surface area (Å²) in [7, 11) is 1.28. The standard InChI is InChI=1S/C16H9ClN2O3/c1-21-16(20)13-4-2-11(17)7-14(13)15-5-3-12(22-15)6-10(8-18)9-19/h2-7H,1H3. The first-order valence-electron chi connectivity index (χ1n) is 6.09. The molecule has 0 amide bonds. The van der Waals surface area contributed by atoms with Crippen molar-refractivity contribution in [2.24, 2.45) is 0 Å². The van der Waals surface area contributed by atoms with Crippen molar-refractivity contribution in [3.05, 3.63) is 52.3 Å². The zero-order valence-electron chi connectivity index (χ0n) is 11.5. The van der Waals surface area contributed by atoms with Crippen molar-refractivity contribution in [2.45, 2.75) is 0 Å². The van der Waals surface area contributed by atoms with Crippen LogP contribution in [0.1, 0.15) is 16.1 Å². The second-order valence-electron chi connectivity index (χ2n) is 4.17. The Morgan fingerprint density at radius 1 is 1.27 bits per heavy atom. The Hall–Kier alpha value is -3.02. The predicted octanol–water partition coefficient (Wildman–Crippen LogP) is 3.82. The van der Waals surface area contributed by atoms with E-state index < -0.39 is 5.97 Å². The highest BCUT2D eigenvalue weighted by Crippen LogP contribution is 2.29. The molecule has 0 aliphatic heterocycles. The molecule has 22 heavy (non-hydrogen) atoms. The maximum atomic E-state index is 11.8. The highest BCUT2D eigenvalue weighted by molar-refractivity contribution is 6.31. The Kier molecular flexibility index (Phi) is 4.63. The number of nitrogens with zero attached hydrogens (tertiary/aromatic N) is 2. The summed E-state index contributed by atoms with van der Waals surface area (Å²) in [6.45, 7) is 0. The predicted molar refractivity (Wildman–Crippen MR) is 79.7 cm³/mol. The molecule has 1 aromatic heterocycles. The third-order valence-corrected chi connectivity index (χ3v) is 3.04. The lowest BCUT2D eigenvalue weighted by Gasteiger charge is -2.06. The maximum absolute atomic E-state index is 11.8. The lowest BCUT2D eigenvalue weighted by molar-refractivity contribution is 0.0601. The molecule has 0 N–H and O–H groups in total. The van der Waals surface area contributed by atoms with Crippen LogP contribution in [0.4, 0.5) is 0 Å². The van der Waals surface area contributed by atoms with Crippen molar-refractivity contribution < 1.29 is 13.9 Å². The number of halogens is 1. The molecule has 1 heterocycles. The van der Waals surface area contributed by atoms with E-state index in [0.717, 1.165) is 0 Å². The van der Waals surface area contributed by atoms with Crippen molar-refractivity contribution >= 4 is 23.6 Å². The number of benzene rings is 1. The molecule has 0 saturated heterocycles. The third-order valence-electron chi connectivity index (χ3n) is 2.81. The van der Waals surface area contributed by atoms with Crippen LogP contribution >= 0.6 is 11.6 Å². The van der Waals surface area contributed by atoms with Crippen molar-refractivity contribution in [3.63, 3.8) is 0 Å². The summed E-state index contributed by atoms with van der Waals surface area (Å²) in [4.78, 5) is 11.8. The SMILES string of the molecule is COC(=O)c1ccc(Cl)cc1-c1ccc(C=C(C#N)C#N)o1. The molecule has 2 aromatic rings. The average Bonchev–Trinajstić information content (AvgIpc) is 3.00. The smallest absolute Gasteiger partial charge is 0.338 e. The van der Waals surface area contributed by atoms with Gasteiger partial charge in [-0.3, -0.25) is 0 Å². The molecule has 0 aliphatic carbocycles. The molecule has 0 aliphatic rings. The van der Waals surface area contributed by atoms with E-state index in [-0.39, 0.29) is 5.57 Å². The number of hydrogen-bond donors (Lipinski definition) is 0. The highest BCUT2D eigenvalue weighted by atomic mass is 35.5. The molecular formula is C16H9ClN2O3. The normalized spacial score (nSPS) is 9.45. The Morgan fingerprint density at radius 2 is 2.00 bits per heavy atom. The van der Waals surface area contributed by atoms with Gasteiger partial charge >= 0.3 is 5.97 Å². The Labute approximate surface area is 131 Å². The van der Waals surface area contributed by atoms with Gasteiger partial charge in [-0.25, -0.2) is 4.79 Å². The zero-order valence-corrected chi connectivity index (χ0v) is 12.2. The molecule has 0 saturated carbocycles. The van der Waals surface area contributed by atoms with Gasteiger partial charge in [0.15, 0.2) is 0 Å². The lowest BCUT2D eigenvalue weighted by Crippen LogP contribution is -2.03. The summed E-state index contributed by atoms with van der Waals surface area (Å²) < 4.78 is 10.3.